The Hall–Kier alpha value is -0.670. The molecule has 0 aliphatic rings. The van der Waals surface area contributed by atoms with Crippen molar-refractivity contribution in [1.82, 2.24) is 0 Å². The van der Waals surface area contributed by atoms with E-state index < -0.39 is 0 Å². The van der Waals surface area contributed by atoms with Gasteiger partial charge in [0, 0.05) is 10.6 Å². The summed E-state index contributed by atoms with van der Waals surface area (Å²) in [6, 6.07) is 6.03. The third kappa shape index (κ3) is 2.94. The topological polar surface area (TPSA) is 52.0 Å². The molecule has 0 saturated heterocycles. The zero-order valence-corrected chi connectivity index (χ0v) is 8.73. The largest absolute Gasteiger partial charge is 0.398 e. The highest BCUT2D eigenvalue weighted by atomic mass is 32.2. The molecular formula is C10H16N2S. The maximum Gasteiger partial charge on any atom is 0.0354 e. The fourth-order valence-corrected chi connectivity index (χ4v) is 2.09. The van der Waals surface area contributed by atoms with Gasteiger partial charge in [0.25, 0.3) is 0 Å². The highest BCUT2D eigenvalue weighted by Gasteiger charge is 2.00. The number of rotatable bonds is 4. The minimum atomic E-state index is 0.758. The summed E-state index contributed by atoms with van der Waals surface area (Å²) >= 11 is 1.83. The second-order valence-electron chi connectivity index (χ2n) is 2.96. The summed E-state index contributed by atoms with van der Waals surface area (Å²) in [5.41, 5.74) is 13.3. The summed E-state index contributed by atoms with van der Waals surface area (Å²) in [4.78, 5) is 1.27. The highest BCUT2D eigenvalue weighted by molar-refractivity contribution is 7.99. The van der Waals surface area contributed by atoms with Crippen LogP contribution in [0.1, 0.15) is 12.0 Å². The van der Waals surface area contributed by atoms with Crippen molar-refractivity contribution in [2.24, 2.45) is 5.73 Å². The lowest BCUT2D eigenvalue weighted by Crippen LogP contribution is -1.99. The first kappa shape index (κ1) is 10.4. The van der Waals surface area contributed by atoms with Crippen molar-refractivity contribution in [3.05, 3.63) is 23.8 Å². The van der Waals surface area contributed by atoms with Gasteiger partial charge in [-0.15, -0.1) is 11.8 Å². The van der Waals surface area contributed by atoms with Crippen molar-refractivity contribution in [3.8, 4) is 0 Å². The van der Waals surface area contributed by atoms with Crippen LogP contribution in [0.2, 0.25) is 0 Å². The molecule has 0 saturated carbocycles. The molecule has 0 heterocycles. The number of hydrogen-bond donors (Lipinski definition) is 2. The first-order valence-corrected chi connectivity index (χ1v) is 5.42. The summed E-state index contributed by atoms with van der Waals surface area (Å²) in [6.45, 7) is 2.81. The second-order valence-corrected chi connectivity index (χ2v) is 4.10. The molecule has 0 spiro atoms. The Labute approximate surface area is 83.7 Å². The number of thioether (sulfide) groups is 1. The number of benzene rings is 1. The summed E-state index contributed by atoms with van der Waals surface area (Å²) < 4.78 is 0. The summed E-state index contributed by atoms with van der Waals surface area (Å²) in [5, 5.41) is 0. The standard InChI is InChI=1S/C10H16N2S/c1-8-9(12)4-2-5-10(8)13-7-3-6-11/h2,4-5H,3,6-7,11-12H2,1H3. The number of anilines is 1. The first-order chi connectivity index (χ1) is 6.25. The van der Waals surface area contributed by atoms with Crippen LogP contribution in [-0.4, -0.2) is 12.3 Å². The Morgan fingerprint density at radius 2 is 2.15 bits per heavy atom. The van der Waals surface area contributed by atoms with E-state index in [9.17, 15) is 0 Å². The summed E-state index contributed by atoms with van der Waals surface area (Å²) in [6.07, 6.45) is 1.05. The van der Waals surface area contributed by atoms with Gasteiger partial charge in [0.15, 0.2) is 0 Å². The molecule has 4 N–H and O–H groups in total. The molecule has 0 unspecified atom stereocenters. The van der Waals surface area contributed by atoms with Gasteiger partial charge in [0.2, 0.25) is 0 Å². The van der Waals surface area contributed by atoms with Crippen LogP contribution < -0.4 is 11.5 Å². The maximum absolute atomic E-state index is 5.79. The monoisotopic (exact) mass is 196 g/mol. The van der Waals surface area contributed by atoms with Crippen LogP contribution >= 0.6 is 11.8 Å². The van der Waals surface area contributed by atoms with Gasteiger partial charge in [0.1, 0.15) is 0 Å². The fraction of sp³-hybridized carbons (Fsp3) is 0.400. The molecule has 72 valence electrons. The molecule has 0 amide bonds. The van der Waals surface area contributed by atoms with Crippen molar-refractivity contribution >= 4 is 17.4 Å². The van der Waals surface area contributed by atoms with Gasteiger partial charge >= 0.3 is 0 Å². The van der Waals surface area contributed by atoms with Gasteiger partial charge in [-0.2, -0.15) is 0 Å². The van der Waals surface area contributed by atoms with Crippen LogP contribution in [0.25, 0.3) is 0 Å². The molecule has 1 aromatic carbocycles. The minimum Gasteiger partial charge on any atom is -0.398 e. The number of hydrogen-bond acceptors (Lipinski definition) is 3. The van der Waals surface area contributed by atoms with E-state index in [0.29, 0.717) is 0 Å². The second kappa shape index (κ2) is 5.14. The molecule has 0 aliphatic carbocycles. The van der Waals surface area contributed by atoms with E-state index in [1.165, 1.54) is 10.5 Å². The van der Waals surface area contributed by atoms with Crippen LogP contribution in [0, 0.1) is 6.92 Å². The van der Waals surface area contributed by atoms with Crippen LogP contribution in [0.5, 0.6) is 0 Å². The smallest absolute Gasteiger partial charge is 0.0354 e. The predicted molar refractivity (Wildman–Crippen MR) is 60.0 cm³/mol. The van der Waals surface area contributed by atoms with E-state index in [4.69, 9.17) is 11.5 Å². The van der Waals surface area contributed by atoms with Crippen molar-refractivity contribution in [2.45, 2.75) is 18.2 Å². The molecule has 0 radical (unpaired) electrons. The van der Waals surface area contributed by atoms with Crippen LogP contribution in [-0.2, 0) is 0 Å². The molecule has 0 atom stereocenters. The molecule has 1 rings (SSSR count). The Morgan fingerprint density at radius 1 is 1.38 bits per heavy atom. The van der Waals surface area contributed by atoms with E-state index in [1.807, 2.05) is 23.9 Å². The SMILES string of the molecule is Cc1c(N)cccc1SCCCN. The predicted octanol–water partition coefficient (Wildman–Crippen LogP) is 2.02. The fourth-order valence-electron chi connectivity index (χ4n) is 1.05. The average molecular weight is 196 g/mol. The quantitative estimate of drug-likeness (QED) is 0.440. The molecule has 0 fully saturated rings. The summed E-state index contributed by atoms with van der Waals surface area (Å²) in [5.74, 6) is 1.07. The molecule has 2 nitrogen and oxygen atoms in total. The van der Waals surface area contributed by atoms with Gasteiger partial charge < -0.3 is 11.5 Å². The van der Waals surface area contributed by atoms with Crippen LogP contribution in [0.4, 0.5) is 5.69 Å². The molecule has 0 aromatic heterocycles. The van der Waals surface area contributed by atoms with E-state index >= 15 is 0 Å². The lowest BCUT2D eigenvalue weighted by atomic mass is 10.2. The van der Waals surface area contributed by atoms with Crippen LogP contribution in [0.3, 0.4) is 0 Å². The molecule has 13 heavy (non-hydrogen) atoms. The van der Waals surface area contributed by atoms with Gasteiger partial charge in [-0.25, -0.2) is 0 Å². The highest BCUT2D eigenvalue weighted by Crippen LogP contribution is 2.26. The van der Waals surface area contributed by atoms with E-state index in [2.05, 4.69) is 13.0 Å². The van der Waals surface area contributed by atoms with Crippen molar-refractivity contribution in [1.29, 1.82) is 0 Å². The van der Waals surface area contributed by atoms with E-state index in [1.54, 1.807) is 0 Å². The Kier molecular flexibility index (Phi) is 4.12. The third-order valence-corrected chi connectivity index (χ3v) is 3.18. The lowest BCUT2D eigenvalue weighted by molar-refractivity contribution is 0.943. The molecule has 0 aliphatic heterocycles. The minimum absolute atomic E-state index is 0.758. The Bertz CT molecular complexity index is 274. The third-order valence-electron chi connectivity index (χ3n) is 1.93. The zero-order chi connectivity index (χ0) is 9.68. The van der Waals surface area contributed by atoms with Gasteiger partial charge in [0.05, 0.1) is 0 Å². The average Bonchev–Trinajstić information content (AvgIpc) is 2.13. The van der Waals surface area contributed by atoms with E-state index in [0.717, 1.165) is 24.4 Å². The molecule has 0 bridgehead atoms. The van der Waals surface area contributed by atoms with Crippen LogP contribution in [0.15, 0.2) is 23.1 Å². The Balaban J connectivity index is 2.61. The molecule has 1 aromatic rings. The normalized spacial score (nSPS) is 10.3. The van der Waals surface area contributed by atoms with Gasteiger partial charge in [-0.3, -0.25) is 0 Å². The zero-order valence-electron chi connectivity index (χ0n) is 7.92. The van der Waals surface area contributed by atoms with Gasteiger partial charge in [-0.05, 0) is 43.3 Å². The molecule has 3 heteroatoms. The number of nitrogens with two attached hydrogens (primary N) is 2. The van der Waals surface area contributed by atoms with Crippen molar-refractivity contribution in [3.63, 3.8) is 0 Å². The van der Waals surface area contributed by atoms with Crippen molar-refractivity contribution < 1.29 is 0 Å². The van der Waals surface area contributed by atoms with Crippen molar-refractivity contribution in [2.75, 3.05) is 18.0 Å². The van der Waals surface area contributed by atoms with E-state index in [-0.39, 0.29) is 0 Å². The first-order valence-electron chi connectivity index (χ1n) is 4.43. The van der Waals surface area contributed by atoms with Gasteiger partial charge in [-0.1, -0.05) is 6.07 Å². The summed E-state index contributed by atoms with van der Waals surface area (Å²) in [7, 11) is 0. The number of nitrogen functional groups attached to an aromatic ring is 1. The Morgan fingerprint density at radius 3 is 2.85 bits per heavy atom. The molecular weight excluding hydrogens is 180 g/mol. The lowest BCUT2D eigenvalue weighted by Gasteiger charge is -2.06. The maximum atomic E-state index is 5.79.